The van der Waals surface area contributed by atoms with Crippen molar-refractivity contribution in [3.63, 3.8) is 0 Å². The summed E-state index contributed by atoms with van der Waals surface area (Å²) in [5.74, 6) is -0.168. The zero-order valence-electron chi connectivity index (χ0n) is 13.8. The minimum atomic E-state index is -0.202. The number of benzene rings is 1. The van der Waals surface area contributed by atoms with Gasteiger partial charge in [-0.05, 0) is 24.6 Å². The molecule has 0 spiro atoms. The molecule has 3 amide bonds. The lowest BCUT2D eigenvalue weighted by Gasteiger charge is -2.34. The van der Waals surface area contributed by atoms with Gasteiger partial charge in [-0.15, -0.1) is 0 Å². The van der Waals surface area contributed by atoms with Crippen molar-refractivity contribution in [2.45, 2.75) is 6.92 Å². The van der Waals surface area contributed by atoms with Gasteiger partial charge in [-0.1, -0.05) is 17.7 Å². The van der Waals surface area contributed by atoms with Crippen LogP contribution in [0.4, 0.5) is 10.5 Å². The molecule has 1 aromatic carbocycles. The van der Waals surface area contributed by atoms with E-state index >= 15 is 0 Å². The van der Waals surface area contributed by atoms with E-state index in [1.165, 1.54) is 18.6 Å². The highest BCUT2D eigenvalue weighted by Crippen LogP contribution is 2.20. The molecule has 8 heteroatoms. The van der Waals surface area contributed by atoms with E-state index in [2.05, 4.69) is 15.3 Å². The smallest absolute Gasteiger partial charge is 0.321 e. The highest BCUT2D eigenvalue weighted by Gasteiger charge is 2.25. The van der Waals surface area contributed by atoms with Gasteiger partial charge in [0.25, 0.3) is 5.91 Å². The molecular weight excluding hydrogens is 342 g/mol. The van der Waals surface area contributed by atoms with Gasteiger partial charge in [0.15, 0.2) is 0 Å². The van der Waals surface area contributed by atoms with Crippen molar-refractivity contribution < 1.29 is 9.59 Å². The quantitative estimate of drug-likeness (QED) is 0.893. The third-order valence-electron chi connectivity index (χ3n) is 4.06. The average Bonchev–Trinajstić information content (AvgIpc) is 2.65. The predicted octanol–water partition coefficient (Wildman–Crippen LogP) is 2.43. The first-order valence-corrected chi connectivity index (χ1v) is 8.30. The van der Waals surface area contributed by atoms with Crippen LogP contribution in [-0.2, 0) is 0 Å². The Labute approximate surface area is 150 Å². The number of urea groups is 1. The Hall–Kier alpha value is -2.67. The molecule has 1 aliphatic heterocycles. The number of amides is 3. The topological polar surface area (TPSA) is 78.4 Å². The summed E-state index contributed by atoms with van der Waals surface area (Å²) in [4.78, 5) is 36.0. The Morgan fingerprint density at radius 3 is 2.48 bits per heavy atom. The fraction of sp³-hybridized carbons (Fsp3) is 0.294. The number of aryl methyl sites for hydroxylation is 1. The van der Waals surface area contributed by atoms with E-state index < -0.39 is 0 Å². The van der Waals surface area contributed by atoms with E-state index in [4.69, 9.17) is 11.6 Å². The molecule has 1 aromatic heterocycles. The fourth-order valence-corrected chi connectivity index (χ4v) is 2.74. The van der Waals surface area contributed by atoms with Crippen molar-refractivity contribution in [3.05, 3.63) is 53.1 Å². The molecule has 0 unspecified atom stereocenters. The maximum Gasteiger partial charge on any atom is 0.321 e. The molecule has 3 rings (SSSR count). The lowest BCUT2D eigenvalue weighted by atomic mass is 10.2. The van der Waals surface area contributed by atoms with E-state index in [0.29, 0.717) is 42.6 Å². The Morgan fingerprint density at radius 2 is 1.84 bits per heavy atom. The van der Waals surface area contributed by atoms with Gasteiger partial charge >= 0.3 is 6.03 Å². The van der Waals surface area contributed by atoms with E-state index in [1.54, 1.807) is 15.9 Å². The van der Waals surface area contributed by atoms with Crippen LogP contribution in [0.1, 0.15) is 16.1 Å². The van der Waals surface area contributed by atoms with Gasteiger partial charge in [0.1, 0.15) is 5.69 Å². The van der Waals surface area contributed by atoms with E-state index in [9.17, 15) is 9.59 Å². The summed E-state index contributed by atoms with van der Waals surface area (Å²) in [5.41, 5.74) is 1.92. The van der Waals surface area contributed by atoms with Crippen LogP contribution in [0.15, 0.2) is 36.8 Å². The predicted molar refractivity (Wildman–Crippen MR) is 94.7 cm³/mol. The van der Waals surface area contributed by atoms with Crippen molar-refractivity contribution in [1.29, 1.82) is 0 Å². The Kier molecular flexibility index (Phi) is 5.14. The van der Waals surface area contributed by atoms with Gasteiger partial charge in [-0.2, -0.15) is 0 Å². The Morgan fingerprint density at radius 1 is 1.12 bits per heavy atom. The largest absolute Gasteiger partial charge is 0.334 e. The van der Waals surface area contributed by atoms with E-state index in [-0.39, 0.29) is 11.9 Å². The SMILES string of the molecule is Cc1ccc(NC(=O)N2CCN(C(=O)c3cnccn3)CC2)cc1Cl. The van der Waals surface area contributed by atoms with Crippen molar-refractivity contribution in [1.82, 2.24) is 19.8 Å². The molecule has 1 fully saturated rings. The first-order chi connectivity index (χ1) is 12.0. The maximum atomic E-state index is 12.4. The second-order valence-corrected chi connectivity index (χ2v) is 6.17. The van der Waals surface area contributed by atoms with Crippen LogP contribution in [0.5, 0.6) is 0 Å². The summed E-state index contributed by atoms with van der Waals surface area (Å²) in [6.45, 7) is 3.73. The molecule has 0 saturated carbocycles. The summed E-state index contributed by atoms with van der Waals surface area (Å²) >= 11 is 6.08. The van der Waals surface area contributed by atoms with E-state index in [1.807, 2.05) is 19.1 Å². The van der Waals surface area contributed by atoms with Gasteiger partial charge in [0.2, 0.25) is 0 Å². The van der Waals surface area contributed by atoms with Crippen LogP contribution in [0, 0.1) is 6.92 Å². The minimum absolute atomic E-state index is 0.168. The van der Waals surface area contributed by atoms with E-state index in [0.717, 1.165) is 5.56 Å². The lowest BCUT2D eigenvalue weighted by molar-refractivity contribution is 0.0665. The normalized spacial score (nSPS) is 14.3. The number of carbonyl (C=O) groups excluding carboxylic acids is 2. The summed E-state index contributed by atoms with van der Waals surface area (Å²) in [7, 11) is 0. The maximum absolute atomic E-state index is 12.4. The van der Waals surface area contributed by atoms with Crippen LogP contribution < -0.4 is 5.32 Å². The van der Waals surface area contributed by atoms with Crippen LogP contribution in [0.3, 0.4) is 0 Å². The number of nitrogens with one attached hydrogen (secondary N) is 1. The third kappa shape index (κ3) is 4.06. The molecular formula is C17H18ClN5O2. The lowest BCUT2D eigenvalue weighted by Crippen LogP contribution is -2.51. The highest BCUT2D eigenvalue weighted by molar-refractivity contribution is 6.31. The number of carbonyl (C=O) groups is 2. The number of nitrogens with zero attached hydrogens (tertiary/aromatic N) is 4. The van der Waals surface area contributed by atoms with Crippen molar-refractivity contribution >= 4 is 29.2 Å². The first-order valence-electron chi connectivity index (χ1n) is 7.92. The fourth-order valence-electron chi connectivity index (χ4n) is 2.56. The molecule has 2 aromatic rings. The molecule has 1 N–H and O–H groups in total. The second kappa shape index (κ2) is 7.48. The van der Waals surface area contributed by atoms with Crippen LogP contribution in [0.2, 0.25) is 5.02 Å². The standard InChI is InChI=1S/C17H18ClN5O2/c1-12-2-3-13(10-14(12)18)21-17(25)23-8-6-22(7-9-23)16(24)15-11-19-4-5-20-15/h2-5,10-11H,6-9H2,1H3,(H,21,25). The molecule has 130 valence electrons. The number of hydrogen-bond donors (Lipinski definition) is 1. The average molecular weight is 360 g/mol. The summed E-state index contributed by atoms with van der Waals surface area (Å²) < 4.78 is 0. The summed E-state index contributed by atoms with van der Waals surface area (Å²) in [5, 5.41) is 3.44. The van der Waals surface area contributed by atoms with Crippen molar-refractivity contribution in [3.8, 4) is 0 Å². The molecule has 0 radical (unpaired) electrons. The van der Waals surface area contributed by atoms with Gasteiger partial charge in [-0.25, -0.2) is 9.78 Å². The van der Waals surface area contributed by atoms with Crippen LogP contribution in [0.25, 0.3) is 0 Å². The number of piperazine rings is 1. The van der Waals surface area contributed by atoms with Gasteiger partial charge in [0.05, 0.1) is 6.20 Å². The number of rotatable bonds is 2. The molecule has 2 heterocycles. The molecule has 1 saturated heterocycles. The molecule has 0 aliphatic carbocycles. The molecule has 7 nitrogen and oxygen atoms in total. The molecule has 0 atom stereocenters. The first kappa shape index (κ1) is 17.2. The minimum Gasteiger partial charge on any atom is -0.334 e. The highest BCUT2D eigenvalue weighted by atomic mass is 35.5. The number of anilines is 1. The zero-order valence-corrected chi connectivity index (χ0v) is 14.5. The number of hydrogen-bond acceptors (Lipinski definition) is 4. The van der Waals surface area contributed by atoms with Crippen LogP contribution >= 0.6 is 11.6 Å². The monoisotopic (exact) mass is 359 g/mol. The van der Waals surface area contributed by atoms with Crippen molar-refractivity contribution in [2.24, 2.45) is 0 Å². The summed E-state index contributed by atoms with van der Waals surface area (Å²) in [6.07, 6.45) is 4.46. The van der Waals surface area contributed by atoms with Gasteiger partial charge < -0.3 is 15.1 Å². The zero-order chi connectivity index (χ0) is 17.8. The Balaban J connectivity index is 1.55. The number of aromatic nitrogens is 2. The molecule has 25 heavy (non-hydrogen) atoms. The van der Waals surface area contributed by atoms with Crippen LogP contribution in [-0.4, -0.2) is 57.9 Å². The Bertz CT molecular complexity index is 776. The van der Waals surface area contributed by atoms with Gasteiger partial charge in [0, 0.05) is 49.3 Å². The molecule has 0 bridgehead atoms. The number of halogens is 1. The van der Waals surface area contributed by atoms with Crippen molar-refractivity contribution in [2.75, 3.05) is 31.5 Å². The summed E-state index contributed by atoms with van der Waals surface area (Å²) in [6, 6.07) is 5.19. The van der Waals surface area contributed by atoms with Gasteiger partial charge in [-0.3, -0.25) is 9.78 Å². The second-order valence-electron chi connectivity index (χ2n) is 5.76. The third-order valence-corrected chi connectivity index (χ3v) is 4.47. The molecule has 1 aliphatic rings.